The first kappa shape index (κ1) is 15.1. The fourth-order valence-corrected chi connectivity index (χ4v) is 1.67. The van der Waals surface area contributed by atoms with E-state index in [1.165, 1.54) is 12.1 Å². The third kappa shape index (κ3) is 2.90. The zero-order chi connectivity index (χ0) is 14.1. The Morgan fingerprint density at radius 1 is 1.33 bits per heavy atom. The second-order valence-electron chi connectivity index (χ2n) is 5.65. The van der Waals surface area contributed by atoms with Gasteiger partial charge in [0.1, 0.15) is 11.6 Å². The smallest absolute Gasteiger partial charge is 0.144 e. The van der Waals surface area contributed by atoms with Crippen molar-refractivity contribution in [3.8, 4) is 0 Å². The lowest BCUT2D eigenvalue weighted by Gasteiger charge is -2.37. The molecule has 0 saturated carbocycles. The van der Waals surface area contributed by atoms with Crippen LogP contribution in [0.2, 0.25) is 5.02 Å². The van der Waals surface area contributed by atoms with Crippen LogP contribution in [0, 0.1) is 11.2 Å². The van der Waals surface area contributed by atoms with Crippen LogP contribution in [-0.4, -0.2) is 11.3 Å². The molecule has 100 valence electrons. The average molecular weight is 272 g/mol. The number of rotatable bonds is 4. The van der Waals surface area contributed by atoms with E-state index in [-0.39, 0.29) is 22.8 Å². The Hall–Kier alpha value is -0.930. The van der Waals surface area contributed by atoms with E-state index >= 15 is 0 Å². The summed E-state index contributed by atoms with van der Waals surface area (Å²) >= 11 is 5.91. The summed E-state index contributed by atoms with van der Waals surface area (Å²) in [5, 5.41) is 0.272. The van der Waals surface area contributed by atoms with Gasteiger partial charge in [-0.3, -0.25) is 4.79 Å². The van der Waals surface area contributed by atoms with Gasteiger partial charge in [0.15, 0.2) is 0 Å². The second kappa shape index (κ2) is 4.98. The lowest BCUT2D eigenvalue weighted by Crippen LogP contribution is -2.52. The number of hydrogen-bond donors (Lipinski definition) is 1. The third-order valence-corrected chi connectivity index (χ3v) is 4.06. The molecule has 2 nitrogen and oxygen atoms in total. The van der Waals surface area contributed by atoms with Gasteiger partial charge < -0.3 is 5.73 Å². The molecule has 0 heterocycles. The zero-order valence-electron chi connectivity index (χ0n) is 11.2. The van der Waals surface area contributed by atoms with Gasteiger partial charge in [0.2, 0.25) is 0 Å². The van der Waals surface area contributed by atoms with Crippen LogP contribution in [0.4, 0.5) is 4.39 Å². The molecule has 18 heavy (non-hydrogen) atoms. The topological polar surface area (TPSA) is 43.1 Å². The molecular formula is C14H19ClFNO. The van der Waals surface area contributed by atoms with Crippen LogP contribution in [0.15, 0.2) is 18.2 Å². The van der Waals surface area contributed by atoms with Crippen LogP contribution < -0.4 is 5.73 Å². The van der Waals surface area contributed by atoms with Crippen molar-refractivity contribution in [3.05, 3.63) is 34.6 Å². The van der Waals surface area contributed by atoms with E-state index in [4.69, 9.17) is 17.3 Å². The van der Waals surface area contributed by atoms with E-state index in [2.05, 4.69) is 0 Å². The third-order valence-electron chi connectivity index (χ3n) is 3.71. The largest absolute Gasteiger partial charge is 0.325 e. The van der Waals surface area contributed by atoms with Crippen molar-refractivity contribution in [3.63, 3.8) is 0 Å². The summed E-state index contributed by atoms with van der Waals surface area (Å²) in [4.78, 5) is 12.3. The molecule has 1 aromatic carbocycles. The molecule has 0 saturated heterocycles. The van der Waals surface area contributed by atoms with Gasteiger partial charge in [-0.15, -0.1) is 0 Å². The Morgan fingerprint density at radius 3 is 2.33 bits per heavy atom. The minimum absolute atomic E-state index is 0.0425. The maximum Gasteiger partial charge on any atom is 0.144 e. The lowest BCUT2D eigenvalue weighted by molar-refractivity contribution is -0.129. The van der Waals surface area contributed by atoms with Crippen LogP contribution >= 0.6 is 11.6 Å². The SMILES string of the molecule is CC(C)(N)C(C)(C)C(=O)Cc1c(F)cccc1Cl. The molecule has 1 rings (SSSR count). The van der Waals surface area contributed by atoms with Gasteiger partial charge >= 0.3 is 0 Å². The molecule has 0 aliphatic heterocycles. The van der Waals surface area contributed by atoms with Crippen molar-refractivity contribution in [1.29, 1.82) is 0 Å². The number of carbonyl (C=O) groups excluding carboxylic acids is 1. The summed E-state index contributed by atoms with van der Waals surface area (Å²) in [5.41, 5.74) is 4.80. The van der Waals surface area contributed by atoms with Gasteiger partial charge in [0.05, 0.1) is 0 Å². The Bertz CT molecular complexity index is 443. The van der Waals surface area contributed by atoms with E-state index in [9.17, 15) is 9.18 Å². The van der Waals surface area contributed by atoms with Crippen molar-refractivity contribution in [2.75, 3.05) is 0 Å². The van der Waals surface area contributed by atoms with Crippen LogP contribution in [0.3, 0.4) is 0 Å². The van der Waals surface area contributed by atoms with Gasteiger partial charge in [-0.05, 0) is 26.0 Å². The van der Waals surface area contributed by atoms with Crippen molar-refractivity contribution in [2.45, 2.75) is 39.7 Å². The highest BCUT2D eigenvalue weighted by Crippen LogP contribution is 2.32. The van der Waals surface area contributed by atoms with Crippen LogP contribution in [0.25, 0.3) is 0 Å². The highest BCUT2D eigenvalue weighted by molar-refractivity contribution is 6.31. The normalized spacial score (nSPS) is 12.6. The minimum atomic E-state index is -0.751. The minimum Gasteiger partial charge on any atom is -0.325 e. The van der Waals surface area contributed by atoms with Crippen molar-refractivity contribution in [1.82, 2.24) is 0 Å². The van der Waals surface area contributed by atoms with E-state index in [0.29, 0.717) is 0 Å². The molecular weight excluding hydrogens is 253 g/mol. The van der Waals surface area contributed by atoms with Crippen molar-refractivity contribution >= 4 is 17.4 Å². The second-order valence-corrected chi connectivity index (χ2v) is 6.05. The number of ketones is 1. The molecule has 0 atom stereocenters. The predicted molar refractivity (Wildman–Crippen MR) is 72.2 cm³/mol. The molecule has 1 aromatic rings. The zero-order valence-corrected chi connectivity index (χ0v) is 11.9. The van der Waals surface area contributed by atoms with Gasteiger partial charge in [-0.2, -0.15) is 0 Å². The molecule has 0 aliphatic carbocycles. The summed E-state index contributed by atoms with van der Waals surface area (Å²) in [6, 6.07) is 4.40. The van der Waals surface area contributed by atoms with Crippen LogP contribution in [0.5, 0.6) is 0 Å². The molecule has 0 bridgehead atoms. The van der Waals surface area contributed by atoms with E-state index in [1.54, 1.807) is 33.8 Å². The number of benzene rings is 1. The lowest BCUT2D eigenvalue weighted by atomic mass is 9.70. The Kier molecular flexibility index (Phi) is 4.19. The Balaban J connectivity index is 3.03. The molecule has 2 N–H and O–H groups in total. The number of Topliss-reactive ketones (excluding diaryl/α,β-unsaturated/α-hetero) is 1. The quantitative estimate of drug-likeness (QED) is 0.913. The summed E-state index contributed by atoms with van der Waals surface area (Å²) in [6.07, 6.45) is -0.0425. The summed E-state index contributed by atoms with van der Waals surface area (Å²) in [5.74, 6) is -0.580. The summed E-state index contributed by atoms with van der Waals surface area (Å²) < 4.78 is 13.6. The highest BCUT2D eigenvalue weighted by Gasteiger charge is 2.40. The fraction of sp³-hybridized carbons (Fsp3) is 0.500. The van der Waals surface area contributed by atoms with Crippen LogP contribution in [-0.2, 0) is 11.2 Å². The molecule has 0 amide bonds. The molecule has 0 aromatic heterocycles. The molecule has 0 unspecified atom stereocenters. The van der Waals surface area contributed by atoms with Crippen molar-refractivity contribution in [2.24, 2.45) is 11.1 Å². The van der Waals surface area contributed by atoms with Crippen LogP contribution in [0.1, 0.15) is 33.3 Å². The standard InChI is InChI=1S/C14H19ClFNO/c1-13(2,14(3,4)17)12(18)8-9-10(15)6-5-7-11(9)16/h5-7H,8,17H2,1-4H3. The predicted octanol–water partition coefficient (Wildman–Crippen LogP) is 3.35. The van der Waals surface area contributed by atoms with Crippen molar-refractivity contribution < 1.29 is 9.18 Å². The summed E-state index contributed by atoms with van der Waals surface area (Å²) in [6.45, 7) is 7.11. The molecule has 4 heteroatoms. The molecule has 0 radical (unpaired) electrons. The monoisotopic (exact) mass is 271 g/mol. The van der Waals surface area contributed by atoms with Gasteiger partial charge in [0.25, 0.3) is 0 Å². The average Bonchev–Trinajstić information content (AvgIpc) is 2.21. The van der Waals surface area contributed by atoms with E-state index < -0.39 is 16.8 Å². The van der Waals surface area contributed by atoms with Gasteiger partial charge in [0, 0.05) is 28.0 Å². The number of halogens is 2. The first-order chi connectivity index (χ1) is 8.07. The Labute approximate surface area is 112 Å². The number of carbonyl (C=O) groups is 1. The fourth-order valence-electron chi connectivity index (χ4n) is 1.44. The summed E-state index contributed by atoms with van der Waals surface area (Å²) in [7, 11) is 0. The molecule has 0 spiro atoms. The van der Waals surface area contributed by atoms with Gasteiger partial charge in [-0.25, -0.2) is 4.39 Å². The first-order valence-electron chi connectivity index (χ1n) is 5.82. The molecule has 0 aliphatic rings. The maximum absolute atomic E-state index is 13.6. The van der Waals surface area contributed by atoms with E-state index in [0.717, 1.165) is 0 Å². The maximum atomic E-state index is 13.6. The Morgan fingerprint density at radius 2 is 1.89 bits per heavy atom. The first-order valence-corrected chi connectivity index (χ1v) is 6.20. The number of nitrogens with two attached hydrogens (primary N) is 1. The highest BCUT2D eigenvalue weighted by atomic mass is 35.5. The number of hydrogen-bond acceptors (Lipinski definition) is 2. The molecule has 0 fully saturated rings. The van der Waals surface area contributed by atoms with Gasteiger partial charge in [-0.1, -0.05) is 31.5 Å². The van der Waals surface area contributed by atoms with E-state index in [1.807, 2.05) is 0 Å².